The molecule has 0 saturated heterocycles. The van der Waals surface area contributed by atoms with Gasteiger partial charge in [0, 0.05) is 47.0 Å². The largest absolute Gasteiger partial charge is 0.497 e. The van der Waals surface area contributed by atoms with Gasteiger partial charge in [-0.05, 0) is 47.4 Å². The van der Waals surface area contributed by atoms with Crippen LogP contribution < -0.4 is 15.8 Å². The number of methoxy groups -OCH3 is 1. The number of alkyl halides is 3. The number of nitrogens with zero attached hydrogens (tertiary/aromatic N) is 3. The molecule has 6 aromatic rings. The maximum Gasteiger partial charge on any atom is 0.490 e. The summed E-state index contributed by atoms with van der Waals surface area (Å²) in [5.74, 6) is -0.653. The molecule has 1 atom stereocenters. The van der Waals surface area contributed by atoms with Crippen LogP contribution in [0.5, 0.6) is 5.75 Å². The molecule has 48 heavy (non-hydrogen) atoms. The molecule has 0 aliphatic rings. The van der Waals surface area contributed by atoms with Gasteiger partial charge in [-0.25, -0.2) is 4.79 Å². The van der Waals surface area contributed by atoms with Crippen molar-refractivity contribution in [2.75, 3.05) is 13.7 Å². The zero-order valence-electron chi connectivity index (χ0n) is 25.9. The summed E-state index contributed by atoms with van der Waals surface area (Å²) in [4.78, 5) is 28.2. The summed E-state index contributed by atoms with van der Waals surface area (Å²) in [5.41, 5.74) is 11.3. The number of hydrogen-bond acceptors (Lipinski definition) is 6. The van der Waals surface area contributed by atoms with Crippen LogP contribution in [-0.4, -0.2) is 61.5 Å². The van der Waals surface area contributed by atoms with Gasteiger partial charge in [0.05, 0.1) is 26.2 Å². The van der Waals surface area contributed by atoms with Gasteiger partial charge in [0.1, 0.15) is 11.6 Å². The summed E-state index contributed by atoms with van der Waals surface area (Å²) in [6.07, 6.45) is 1.01. The molecule has 250 valence electrons. The fraction of sp³-hybridized carbons (Fsp3) is 0.235. The lowest BCUT2D eigenvalue weighted by atomic mass is 10.0. The van der Waals surface area contributed by atoms with Gasteiger partial charge in [-0.2, -0.15) is 13.2 Å². The number of carbonyl (C=O) groups excluding carboxylic acids is 1. The van der Waals surface area contributed by atoms with Gasteiger partial charge in [-0.15, -0.1) is 10.2 Å². The summed E-state index contributed by atoms with van der Waals surface area (Å²) >= 11 is 0. The van der Waals surface area contributed by atoms with Crippen molar-refractivity contribution in [2.24, 2.45) is 5.73 Å². The number of aromatic nitrogens is 5. The molecule has 3 aromatic carbocycles. The van der Waals surface area contributed by atoms with E-state index in [0.29, 0.717) is 25.2 Å². The zero-order chi connectivity index (χ0) is 34.3. The Kier molecular flexibility index (Phi) is 10.4. The molecule has 6 N–H and O–H groups in total. The normalized spacial score (nSPS) is 12.0. The number of rotatable bonds is 11. The number of hydrogen-bond donors (Lipinski definition) is 5. The van der Waals surface area contributed by atoms with Crippen molar-refractivity contribution in [3.05, 3.63) is 114 Å². The van der Waals surface area contributed by atoms with Gasteiger partial charge in [-0.1, -0.05) is 48.5 Å². The first-order valence-corrected chi connectivity index (χ1v) is 15.0. The number of halogens is 3. The molecule has 0 aliphatic heterocycles. The monoisotopic (exact) mass is 661 g/mol. The molecule has 0 fully saturated rings. The second kappa shape index (κ2) is 14.9. The highest BCUT2D eigenvalue weighted by atomic mass is 19.4. The molecule has 3 aromatic heterocycles. The van der Waals surface area contributed by atoms with E-state index in [1.165, 1.54) is 10.9 Å². The van der Waals surface area contributed by atoms with E-state index in [9.17, 15) is 18.0 Å². The number of carboxylic acids is 1. The van der Waals surface area contributed by atoms with Crippen LogP contribution in [-0.2, 0) is 35.4 Å². The van der Waals surface area contributed by atoms with Crippen molar-refractivity contribution in [1.29, 1.82) is 0 Å². The van der Waals surface area contributed by atoms with E-state index < -0.39 is 18.2 Å². The third-order valence-electron chi connectivity index (χ3n) is 7.82. The number of aryl methyl sites for hydroxylation is 2. The fourth-order valence-corrected chi connectivity index (χ4v) is 5.44. The van der Waals surface area contributed by atoms with Crippen LogP contribution in [0.2, 0.25) is 0 Å². The number of fused-ring (bicyclic) bond motifs is 2. The van der Waals surface area contributed by atoms with E-state index >= 15 is 0 Å². The number of aliphatic carboxylic acids is 1. The van der Waals surface area contributed by atoms with Crippen LogP contribution >= 0.6 is 0 Å². The SMILES string of the molecule is COc1ccc(Cn2c(CCc3c[nH]c4ccccc34)nnc2[C@@H](Cc2c[nH]c3ccccc23)NC(=O)CN)cc1.O=C(O)C(F)(F)F. The minimum atomic E-state index is -5.08. The first-order chi connectivity index (χ1) is 23.1. The lowest BCUT2D eigenvalue weighted by Gasteiger charge is -2.20. The Hall–Kier alpha value is -5.63. The van der Waals surface area contributed by atoms with Crippen LogP contribution in [0.15, 0.2) is 85.2 Å². The molecule has 1 amide bonds. The van der Waals surface area contributed by atoms with Crippen molar-refractivity contribution in [3.63, 3.8) is 0 Å². The number of carbonyl (C=O) groups is 2. The minimum absolute atomic E-state index is 0.107. The summed E-state index contributed by atoms with van der Waals surface area (Å²) in [7, 11) is 1.66. The zero-order valence-corrected chi connectivity index (χ0v) is 25.9. The highest BCUT2D eigenvalue weighted by molar-refractivity contribution is 5.84. The predicted octanol–water partition coefficient (Wildman–Crippen LogP) is 5.07. The lowest BCUT2D eigenvalue weighted by molar-refractivity contribution is -0.192. The van der Waals surface area contributed by atoms with Crippen LogP contribution in [0.4, 0.5) is 13.2 Å². The number of nitrogens with one attached hydrogen (secondary N) is 3. The number of nitrogens with two attached hydrogens (primary N) is 1. The number of benzene rings is 3. The van der Waals surface area contributed by atoms with E-state index in [0.717, 1.165) is 45.5 Å². The molecule has 6 rings (SSSR count). The third kappa shape index (κ3) is 8.01. The van der Waals surface area contributed by atoms with E-state index in [2.05, 4.69) is 60.5 Å². The number of aromatic amines is 2. The Labute approximate surface area is 272 Å². The van der Waals surface area contributed by atoms with Crippen LogP contribution in [0, 0.1) is 0 Å². The molecule has 0 unspecified atom stereocenters. The fourth-order valence-electron chi connectivity index (χ4n) is 5.44. The summed E-state index contributed by atoms with van der Waals surface area (Å²) in [5, 5.41) is 21.9. The number of ether oxygens (including phenoxy) is 1. The summed E-state index contributed by atoms with van der Waals surface area (Å²) in [6.45, 7) is 0.447. The second-order valence-corrected chi connectivity index (χ2v) is 11.0. The number of para-hydroxylation sites is 2. The van der Waals surface area contributed by atoms with Crippen LogP contribution in [0.25, 0.3) is 21.8 Å². The third-order valence-corrected chi connectivity index (χ3v) is 7.82. The Morgan fingerprint density at radius 1 is 0.917 bits per heavy atom. The smallest absolute Gasteiger partial charge is 0.490 e. The molecule has 0 spiro atoms. The number of carboxylic acid groups (broad SMARTS) is 1. The van der Waals surface area contributed by atoms with Gasteiger partial charge >= 0.3 is 12.1 Å². The van der Waals surface area contributed by atoms with E-state index in [-0.39, 0.29) is 12.5 Å². The van der Waals surface area contributed by atoms with Gasteiger partial charge < -0.3 is 35.4 Å². The summed E-state index contributed by atoms with van der Waals surface area (Å²) < 4.78 is 39.2. The predicted molar refractivity (Wildman–Crippen MR) is 173 cm³/mol. The molecular formula is C34H34F3N7O4. The highest BCUT2D eigenvalue weighted by Gasteiger charge is 2.38. The van der Waals surface area contributed by atoms with E-state index in [1.54, 1.807) is 7.11 Å². The molecule has 0 aliphatic carbocycles. The van der Waals surface area contributed by atoms with Gasteiger partial charge in [-0.3, -0.25) is 4.79 Å². The standard InChI is InChI=1S/C32H33N7O2.C2HF3O2/c1-41-24-13-10-21(11-14-24)20-39-30(15-12-22-18-34-27-8-4-2-6-25(22)27)37-38-32(39)29(36-31(40)17-33)16-23-19-35-28-9-5-3-7-26(23)28;3-2(4,5)1(6)7/h2-11,13-14,18-19,29,34-35H,12,15-17,20,33H2,1H3,(H,36,40);(H,6,7)/t29-;/m1./s1. The van der Waals surface area contributed by atoms with Gasteiger partial charge in [0.25, 0.3) is 0 Å². The Bertz CT molecular complexity index is 2000. The molecule has 3 heterocycles. The maximum absolute atomic E-state index is 12.6. The Balaban J connectivity index is 0.000000582. The Morgan fingerprint density at radius 3 is 2.08 bits per heavy atom. The molecular weight excluding hydrogens is 627 g/mol. The van der Waals surface area contributed by atoms with Gasteiger partial charge in [0.2, 0.25) is 5.91 Å². The van der Waals surface area contributed by atoms with Gasteiger partial charge in [0.15, 0.2) is 5.82 Å². The Morgan fingerprint density at radius 2 is 1.50 bits per heavy atom. The van der Waals surface area contributed by atoms with Crippen molar-refractivity contribution in [3.8, 4) is 5.75 Å². The van der Waals surface area contributed by atoms with Crippen LogP contribution in [0.3, 0.4) is 0 Å². The number of H-pyrrole nitrogens is 2. The maximum atomic E-state index is 12.6. The van der Waals surface area contributed by atoms with E-state index in [1.807, 2.05) is 54.7 Å². The first kappa shape index (κ1) is 33.7. The van der Waals surface area contributed by atoms with Crippen molar-refractivity contribution in [1.82, 2.24) is 30.0 Å². The van der Waals surface area contributed by atoms with Crippen molar-refractivity contribution >= 4 is 33.7 Å². The lowest BCUT2D eigenvalue weighted by Crippen LogP contribution is -2.36. The minimum Gasteiger partial charge on any atom is -0.497 e. The molecule has 14 heteroatoms. The average Bonchev–Trinajstić information content (AvgIpc) is 3.81. The summed E-state index contributed by atoms with van der Waals surface area (Å²) in [6, 6.07) is 24.0. The first-order valence-electron chi connectivity index (χ1n) is 15.0. The van der Waals surface area contributed by atoms with Crippen molar-refractivity contribution < 1.29 is 32.6 Å². The topological polar surface area (TPSA) is 164 Å². The average molecular weight is 662 g/mol. The molecule has 11 nitrogen and oxygen atoms in total. The number of amides is 1. The molecule has 0 saturated carbocycles. The molecule has 0 bridgehead atoms. The van der Waals surface area contributed by atoms with E-state index in [4.69, 9.17) is 20.4 Å². The highest BCUT2D eigenvalue weighted by Crippen LogP contribution is 2.26. The quantitative estimate of drug-likeness (QED) is 0.129. The van der Waals surface area contributed by atoms with Crippen LogP contribution in [0.1, 0.15) is 34.4 Å². The second-order valence-electron chi connectivity index (χ2n) is 11.0. The molecule has 0 radical (unpaired) electrons. The van der Waals surface area contributed by atoms with Crippen molar-refractivity contribution in [2.45, 2.75) is 38.0 Å².